The first-order valence-corrected chi connectivity index (χ1v) is 8.29. The maximum absolute atomic E-state index is 10.3. The fraction of sp³-hybridized carbons (Fsp3) is 0.400. The summed E-state index contributed by atoms with van der Waals surface area (Å²) in [6, 6.07) is 15.5. The Labute approximate surface area is 133 Å². The Bertz CT molecular complexity index is 563. The predicted octanol–water partition coefficient (Wildman–Crippen LogP) is 5.80. The number of benzene rings is 2. The number of hydrogen-bond donors (Lipinski definition) is 1. The molecule has 22 heavy (non-hydrogen) atoms. The monoisotopic (exact) mass is 298 g/mol. The van der Waals surface area contributed by atoms with Crippen LogP contribution in [0.15, 0.2) is 48.5 Å². The molecular formula is C20H26O2. The van der Waals surface area contributed by atoms with Gasteiger partial charge >= 0.3 is 0 Å². The zero-order valence-electron chi connectivity index (χ0n) is 13.6. The summed E-state index contributed by atoms with van der Waals surface area (Å²) in [6.07, 6.45) is 5.97. The Kier molecular flexibility index (Phi) is 6.32. The van der Waals surface area contributed by atoms with Crippen LogP contribution in [0.25, 0.3) is 11.1 Å². The summed E-state index contributed by atoms with van der Waals surface area (Å²) in [5, 5.41) is 10.3. The highest BCUT2D eigenvalue weighted by Crippen LogP contribution is 2.33. The van der Waals surface area contributed by atoms with E-state index in [-0.39, 0.29) is 11.9 Å². The Morgan fingerprint density at radius 1 is 1.00 bits per heavy atom. The van der Waals surface area contributed by atoms with Gasteiger partial charge in [0.25, 0.3) is 0 Å². The van der Waals surface area contributed by atoms with Gasteiger partial charge in [-0.15, -0.1) is 0 Å². The zero-order valence-corrected chi connectivity index (χ0v) is 13.6. The molecule has 2 aromatic carbocycles. The van der Waals surface area contributed by atoms with Crippen LogP contribution in [-0.2, 0) is 0 Å². The quantitative estimate of drug-likeness (QED) is 0.624. The van der Waals surface area contributed by atoms with Gasteiger partial charge in [0.05, 0.1) is 6.10 Å². The van der Waals surface area contributed by atoms with Gasteiger partial charge in [0, 0.05) is 11.6 Å². The third-order valence-corrected chi connectivity index (χ3v) is 3.94. The summed E-state index contributed by atoms with van der Waals surface area (Å²) in [6.45, 7) is 4.36. The van der Waals surface area contributed by atoms with E-state index < -0.39 is 0 Å². The molecule has 0 aliphatic rings. The van der Waals surface area contributed by atoms with Crippen LogP contribution in [0.2, 0.25) is 0 Å². The van der Waals surface area contributed by atoms with Crippen molar-refractivity contribution in [2.24, 2.45) is 0 Å². The van der Waals surface area contributed by atoms with Crippen molar-refractivity contribution in [1.82, 2.24) is 0 Å². The number of unbranched alkanes of at least 4 members (excludes halogenated alkanes) is 2. The molecule has 1 unspecified atom stereocenters. The summed E-state index contributed by atoms with van der Waals surface area (Å²) in [7, 11) is 0. The third-order valence-electron chi connectivity index (χ3n) is 3.94. The van der Waals surface area contributed by atoms with Gasteiger partial charge in [-0.2, -0.15) is 0 Å². The van der Waals surface area contributed by atoms with Crippen LogP contribution < -0.4 is 4.74 Å². The van der Waals surface area contributed by atoms with Crippen LogP contribution in [0.1, 0.15) is 46.0 Å². The molecule has 0 spiro atoms. The largest absolute Gasteiger partial charge is 0.507 e. The van der Waals surface area contributed by atoms with Crippen molar-refractivity contribution >= 4 is 0 Å². The third kappa shape index (κ3) is 4.52. The van der Waals surface area contributed by atoms with E-state index in [1.165, 1.54) is 19.3 Å². The Hall–Kier alpha value is -1.96. The molecule has 0 saturated heterocycles. The normalized spacial score (nSPS) is 12.1. The van der Waals surface area contributed by atoms with Gasteiger partial charge < -0.3 is 9.84 Å². The van der Waals surface area contributed by atoms with Crippen molar-refractivity contribution in [2.45, 2.75) is 52.1 Å². The smallest absolute Gasteiger partial charge is 0.127 e. The summed E-state index contributed by atoms with van der Waals surface area (Å²) in [5.74, 6) is 1.02. The van der Waals surface area contributed by atoms with Gasteiger partial charge in [0.15, 0.2) is 0 Å². The second-order valence-corrected chi connectivity index (χ2v) is 5.69. The highest BCUT2D eigenvalue weighted by Gasteiger charge is 2.10. The van der Waals surface area contributed by atoms with E-state index in [0.717, 1.165) is 29.7 Å². The van der Waals surface area contributed by atoms with E-state index in [2.05, 4.69) is 13.8 Å². The topological polar surface area (TPSA) is 29.5 Å². The molecule has 2 rings (SSSR count). The molecule has 118 valence electrons. The fourth-order valence-corrected chi connectivity index (χ4v) is 2.61. The van der Waals surface area contributed by atoms with E-state index in [1.807, 2.05) is 42.5 Å². The minimum Gasteiger partial charge on any atom is -0.507 e. The number of rotatable bonds is 8. The molecule has 0 bridgehead atoms. The molecule has 2 nitrogen and oxygen atoms in total. The van der Waals surface area contributed by atoms with E-state index in [1.54, 1.807) is 6.07 Å². The molecule has 0 aliphatic heterocycles. The molecule has 0 radical (unpaired) electrons. The Balaban J connectivity index is 2.05. The van der Waals surface area contributed by atoms with Gasteiger partial charge in [-0.25, -0.2) is 0 Å². The van der Waals surface area contributed by atoms with E-state index in [9.17, 15) is 5.11 Å². The number of phenols is 1. The van der Waals surface area contributed by atoms with Crippen molar-refractivity contribution in [1.29, 1.82) is 0 Å². The van der Waals surface area contributed by atoms with Gasteiger partial charge in [0.2, 0.25) is 0 Å². The second kappa shape index (κ2) is 8.47. The Morgan fingerprint density at radius 3 is 2.41 bits per heavy atom. The summed E-state index contributed by atoms with van der Waals surface area (Å²) in [4.78, 5) is 0. The lowest BCUT2D eigenvalue weighted by atomic mass is 10.0. The van der Waals surface area contributed by atoms with Crippen LogP contribution in [0.5, 0.6) is 11.5 Å². The molecular weight excluding hydrogens is 272 g/mol. The number of hydrogen-bond acceptors (Lipinski definition) is 2. The lowest BCUT2D eigenvalue weighted by Crippen LogP contribution is -2.15. The maximum Gasteiger partial charge on any atom is 0.127 e. The van der Waals surface area contributed by atoms with Crippen LogP contribution >= 0.6 is 0 Å². The zero-order chi connectivity index (χ0) is 15.8. The number of ether oxygens (including phenoxy) is 1. The van der Waals surface area contributed by atoms with Crippen LogP contribution in [0.4, 0.5) is 0 Å². The molecule has 0 aromatic heterocycles. The molecule has 0 fully saturated rings. The maximum atomic E-state index is 10.3. The number of phenolic OH excluding ortho intramolecular Hbond substituents is 1. The van der Waals surface area contributed by atoms with Crippen LogP contribution in [-0.4, -0.2) is 11.2 Å². The number of aromatic hydroxyl groups is 1. The molecule has 1 N–H and O–H groups in total. The van der Waals surface area contributed by atoms with Crippen molar-refractivity contribution < 1.29 is 9.84 Å². The molecule has 0 amide bonds. The van der Waals surface area contributed by atoms with Gasteiger partial charge in [-0.1, -0.05) is 57.0 Å². The van der Waals surface area contributed by atoms with Crippen molar-refractivity contribution in [3.63, 3.8) is 0 Å². The SMILES string of the molecule is CCCCCC(CC)Oc1ccc(-c2ccccc2)c(O)c1. The molecule has 1 atom stereocenters. The standard InChI is InChI=1S/C20H26O2/c1-3-5-7-12-17(4-2)22-18-13-14-19(20(21)15-18)16-10-8-6-9-11-16/h6,8-11,13-15,17,21H,3-5,7,12H2,1-2H3. The predicted molar refractivity (Wildman–Crippen MR) is 92.4 cm³/mol. The minimum absolute atomic E-state index is 0.230. The molecule has 0 saturated carbocycles. The summed E-state index contributed by atoms with van der Waals surface area (Å²) in [5.41, 5.74) is 1.86. The van der Waals surface area contributed by atoms with Crippen molar-refractivity contribution in [3.8, 4) is 22.6 Å². The second-order valence-electron chi connectivity index (χ2n) is 5.69. The first kappa shape index (κ1) is 16.4. The lowest BCUT2D eigenvalue weighted by Gasteiger charge is -2.18. The minimum atomic E-state index is 0.230. The summed E-state index contributed by atoms with van der Waals surface area (Å²) >= 11 is 0. The van der Waals surface area contributed by atoms with Crippen molar-refractivity contribution in [3.05, 3.63) is 48.5 Å². The highest BCUT2D eigenvalue weighted by molar-refractivity contribution is 5.70. The van der Waals surface area contributed by atoms with E-state index >= 15 is 0 Å². The molecule has 2 heteroatoms. The van der Waals surface area contributed by atoms with Crippen LogP contribution in [0, 0.1) is 0 Å². The van der Waals surface area contributed by atoms with Gasteiger partial charge in [-0.05, 0) is 37.0 Å². The first-order valence-electron chi connectivity index (χ1n) is 8.29. The average molecular weight is 298 g/mol. The highest BCUT2D eigenvalue weighted by atomic mass is 16.5. The average Bonchev–Trinajstić information content (AvgIpc) is 2.55. The molecule has 2 aromatic rings. The first-order chi connectivity index (χ1) is 10.7. The molecule has 0 heterocycles. The van der Waals surface area contributed by atoms with Gasteiger partial charge in [0.1, 0.15) is 11.5 Å². The van der Waals surface area contributed by atoms with Crippen molar-refractivity contribution in [2.75, 3.05) is 0 Å². The van der Waals surface area contributed by atoms with Gasteiger partial charge in [-0.3, -0.25) is 0 Å². The van der Waals surface area contributed by atoms with E-state index in [4.69, 9.17) is 4.74 Å². The molecule has 0 aliphatic carbocycles. The fourth-order valence-electron chi connectivity index (χ4n) is 2.61. The lowest BCUT2D eigenvalue weighted by molar-refractivity contribution is 0.182. The van der Waals surface area contributed by atoms with Crippen LogP contribution in [0.3, 0.4) is 0 Å². The van der Waals surface area contributed by atoms with E-state index in [0.29, 0.717) is 0 Å². The Morgan fingerprint density at radius 2 is 1.77 bits per heavy atom. The summed E-state index contributed by atoms with van der Waals surface area (Å²) < 4.78 is 6.02.